The summed E-state index contributed by atoms with van der Waals surface area (Å²) in [6, 6.07) is 1.73. The van der Waals surface area contributed by atoms with Gasteiger partial charge in [0.1, 0.15) is 5.82 Å². The van der Waals surface area contributed by atoms with Gasteiger partial charge in [0, 0.05) is 12.7 Å². The Labute approximate surface area is 95.3 Å². The summed E-state index contributed by atoms with van der Waals surface area (Å²) in [4.78, 5) is 19.1. The number of hydrogen-bond acceptors (Lipinski definition) is 5. The summed E-state index contributed by atoms with van der Waals surface area (Å²) in [5.41, 5.74) is 0. The molecule has 1 rings (SSSR count). The zero-order valence-electron chi connectivity index (χ0n) is 9.86. The molecule has 0 aliphatic heterocycles. The van der Waals surface area contributed by atoms with Crippen molar-refractivity contribution >= 4 is 11.8 Å². The average molecular weight is 223 g/mol. The Hall–Kier alpha value is -1.65. The van der Waals surface area contributed by atoms with Crippen LogP contribution < -0.4 is 5.32 Å². The van der Waals surface area contributed by atoms with E-state index >= 15 is 0 Å². The molecule has 0 saturated carbocycles. The molecule has 1 atom stereocenters. The summed E-state index contributed by atoms with van der Waals surface area (Å²) >= 11 is 0. The van der Waals surface area contributed by atoms with Crippen molar-refractivity contribution in [3.8, 4) is 0 Å². The molecular weight excluding hydrogens is 206 g/mol. The molecule has 0 aliphatic carbocycles. The second-order valence-corrected chi connectivity index (χ2v) is 3.65. The van der Waals surface area contributed by atoms with Crippen LogP contribution in [0.4, 0.5) is 5.82 Å². The van der Waals surface area contributed by atoms with Crippen LogP contribution in [0.15, 0.2) is 12.3 Å². The number of nitrogens with zero attached hydrogens (tertiary/aromatic N) is 2. The molecule has 88 valence electrons. The second kappa shape index (κ2) is 6.05. The number of anilines is 1. The fraction of sp³-hybridized carbons (Fsp3) is 0.545. The molecule has 1 aromatic heterocycles. The van der Waals surface area contributed by atoms with Crippen LogP contribution in [0.2, 0.25) is 0 Å². The van der Waals surface area contributed by atoms with Crippen molar-refractivity contribution in [3.05, 3.63) is 18.1 Å². The predicted molar refractivity (Wildman–Crippen MR) is 61.3 cm³/mol. The smallest absolute Gasteiger partial charge is 0.376 e. The summed E-state index contributed by atoms with van der Waals surface area (Å²) in [6.45, 7) is 5.11. The fourth-order valence-electron chi connectivity index (χ4n) is 1.07. The Balaban J connectivity index is 2.64. The van der Waals surface area contributed by atoms with Crippen LogP contribution in [0.1, 0.15) is 30.9 Å². The molecule has 1 N–H and O–H groups in total. The number of carbonyl (C=O) groups excluding carboxylic acids is 1. The van der Waals surface area contributed by atoms with E-state index in [2.05, 4.69) is 33.9 Å². The number of rotatable bonds is 5. The zero-order valence-corrected chi connectivity index (χ0v) is 9.86. The first-order valence-electron chi connectivity index (χ1n) is 5.32. The van der Waals surface area contributed by atoms with E-state index in [1.54, 1.807) is 6.07 Å². The molecule has 0 aliphatic rings. The van der Waals surface area contributed by atoms with Gasteiger partial charge in [-0.3, -0.25) is 0 Å². The largest absolute Gasteiger partial charge is 0.463 e. The van der Waals surface area contributed by atoms with Crippen molar-refractivity contribution < 1.29 is 9.53 Å². The molecule has 1 heterocycles. The van der Waals surface area contributed by atoms with Crippen molar-refractivity contribution in [2.45, 2.75) is 20.3 Å². The highest BCUT2D eigenvalue weighted by Crippen LogP contribution is 2.06. The quantitative estimate of drug-likeness (QED) is 0.770. The van der Waals surface area contributed by atoms with Gasteiger partial charge in [0.05, 0.1) is 7.11 Å². The van der Waals surface area contributed by atoms with E-state index in [1.165, 1.54) is 13.3 Å². The molecule has 0 fully saturated rings. The van der Waals surface area contributed by atoms with Crippen LogP contribution >= 0.6 is 0 Å². The van der Waals surface area contributed by atoms with Gasteiger partial charge in [-0.05, 0) is 12.0 Å². The van der Waals surface area contributed by atoms with E-state index < -0.39 is 5.97 Å². The third-order valence-electron chi connectivity index (χ3n) is 2.35. The Bertz CT molecular complexity index is 355. The zero-order chi connectivity index (χ0) is 12.0. The van der Waals surface area contributed by atoms with Crippen molar-refractivity contribution in [3.63, 3.8) is 0 Å². The number of hydrogen-bond donors (Lipinski definition) is 1. The maximum absolute atomic E-state index is 11.2. The lowest BCUT2D eigenvalue weighted by atomic mass is 10.1. The molecule has 16 heavy (non-hydrogen) atoms. The maximum atomic E-state index is 11.2. The van der Waals surface area contributed by atoms with Crippen molar-refractivity contribution in [2.24, 2.45) is 5.92 Å². The van der Waals surface area contributed by atoms with Gasteiger partial charge in [0.2, 0.25) is 5.82 Å². The van der Waals surface area contributed by atoms with Gasteiger partial charge in [-0.15, -0.1) is 0 Å². The number of methoxy groups -OCH3 is 1. The normalized spacial score (nSPS) is 11.9. The third kappa shape index (κ3) is 3.49. The average Bonchev–Trinajstić information content (AvgIpc) is 2.35. The van der Waals surface area contributed by atoms with Gasteiger partial charge in [-0.2, -0.15) is 0 Å². The molecule has 0 spiro atoms. The van der Waals surface area contributed by atoms with Crippen LogP contribution in [0.25, 0.3) is 0 Å². The van der Waals surface area contributed by atoms with E-state index in [0.717, 1.165) is 13.0 Å². The van der Waals surface area contributed by atoms with E-state index in [-0.39, 0.29) is 5.82 Å². The first-order valence-corrected chi connectivity index (χ1v) is 5.32. The van der Waals surface area contributed by atoms with Crippen molar-refractivity contribution in [2.75, 3.05) is 19.0 Å². The van der Waals surface area contributed by atoms with Gasteiger partial charge in [-0.25, -0.2) is 14.8 Å². The van der Waals surface area contributed by atoms with Crippen LogP contribution in [0.3, 0.4) is 0 Å². The summed E-state index contributed by atoms with van der Waals surface area (Å²) in [5.74, 6) is 0.774. The summed E-state index contributed by atoms with van der Waals surface area (Å²) in [7, 11) is 1.31. The van der Waals surface area contributed by atoms with Crippen LogP contribution in [-0.4, -0.2) is 29.6 Å². The number of aromatic nitrogens is 2. The minimum absolute atomic E-state index is 0.0802. The second-order valence-electron chi connectivity index (χ2n) is 3.65. The SMILES string of the molecule is CCC(C)CNc1ccnc(C(=O)OC)n1. The van der Waals surface area contributed by atoms with Crippen LogP contribution in [0.5, 0.6) is 0 Å². The highest BCUT2D eigenvalue weighted by atomic mass is 16.5. The Morgan fingerprint density at radius 2 is 2.38 bits per heavy atom. The van der Waals surface area contributed by atoms with E-state index in [4.69, 9.17) is 0 Å². The van der Waals surface area contributed by atoms with Gasteiger partial charge >= 0.3 is 5.97 Å². The monoisotopic (exact) mass is 223 g/mol. The lowest BCUT2D eigenvalue weighted by Gasteiger charge is -2.10. The minimum atomic E-state index is -0.521. The van der Waals surface area contributed by atoms with E-state index in [0.29, 0.717) is 11.7 Å². The summed E-state index contributed by atoms with van der Waals surface area (Å²) in [6.07, 6.45) is 2.64. The first kappa shape index (κ1) is 12.4. The van der Waals surface area contributed by atoms with Crippen molar-refractivity contribution in [1.29, 1.82) is 0 Å². The molecule has 5 nitrogen and oxygen atoms in total. The van der Waals surface area contributed by atoms with Crippen LogP contribution in [-0.2, 0) is 4.74 Å². The molecule has 1 unspecified atom stereocenters. The van der Waals surface area contributed by atoms with E-state index in [1.807, 2.05) is 0 Å². The van der Waals surface area contributed by atoms with E-state index in [9.17, 15) is 4.79 Å². The molecule has 0 bridgehead atoms. The maximum Gasteiger partial charge on any atom is 0.376 e. The highest BCUT2D eigenvalue weighted by molar-refractivity contribution is 5.85. The standard InChI is InChI=1S/C11H17N3O2/c1-4-8(2)7-13-9-5-6-12-10(14-9)11(15)16-3/h5-6,8H,4,7H2,1-3H3,(H,12,13,14). The predicted octanol–water partition coefficient (Wildman–Crippen LogP) is 1.72. The number of ether oxygens (including phenoxy) is 1. The van der Waals surface area contributed by atoms with Gasteiger partial charge in [0.25, 0.3) is 0 Å². The third-order valence-corrected chi connectivity index (χ3v) is 2.35. The minimum Gasteiger partial charge on any atom is -0.463 e. The topological polar surface area (TPSA) is 64.1 Å². The number of nitrogens with one attached hydrogen (secondary N) is 1. The van der Waals surface area contributed by atoms with Gasteiger partial charge < -0.3 is 10.1 Å². The van der Waals surface area contributed by atoms with Gasteiger partial charge in [-0.1, -0.05) is 20.3 Å². The molecule has 0 aromatic carbocycles. The molecule has 1 aromatic rings. The lowest BCUT2D eigenvalue weighted by molar-refractivity contribution is 0.0587. The molecule has 0 radical (unpaired) electrons. The van der Waals surface area contributed by atoms with Gasteiger partial charge in [0.15, 0.2) is 0 Å². The molecule has 5 heteroatoms. The fourth-order valence-corrected chi connectivity index (χ4v) is 1.07. The summed E-state index contributed by atoms with van der Waals surface area (Å²) in [5, 5.41) is 3.16. The Morgan fingerprint density at radius 1 is 1.62 bits per heavy atom. The molecule has 0 saturated heterocycles. The number of esters is 1. The Kier molecular flexibility index (Phi) is 4.69. The first-order chi connectivity index (χ1) is 7.67. The highest BCUT2D eigenvalue weighted by Gasteiger charge is 2.09. The summed E-state index contributed by atoms with van der Waals surface area (Å²) < 4.78 is 4.55. The molecular formula is C11H17N3O2. The number of carbonyl (C=O) groups is 1. The lowest BCUT2D eigenvalue weighted by Crippen LogP contribution is -2.14. The van der Waals surface area contributed by atoms with Crippen molar-refractivity contribution in [1.82, 2.24) is 9.97 Å². The van der Waals surface area contributed by atoms with Crippen LogP contribution in [0, 0.1) is 5.92 Å². The Morgan fingerprint density at radius 3 is 3.00 bits per heavy atom. The molecule has 0 amide bonds.